The normalized spacial score (nSPS) is 13.0. The van der Waals surface area contributed by atoms with E-state index < -0.39 is 10.8 Å². The third-order valence-corrected chi connectivity index (χ3v) is 4.41. The Labute approximate surface area is 130 Å². The third kappa shape index (κ3) is 5.26. The molecule has 1 aromatic heterocycles. The predicted octanol–water partition coefficient (Wildman–Crippen LogP) is 2.69. The highest BCUT2D eigenvalue weighted by Gasteiger charge is 2.21. The van der Waals surface area contributed by atoms with Gasteiger partial charge in [0.25, 0.3) is 0 Å². The molecule has 1 aromatic rings. The molecule has 1 heterocycles. The van der Waals surface area contributed by atoms with Crippen molar-refractivity contribution in [1.29, 1.82) is 0 Å². The maximum absolute atomic E-state index is 11.5. The van der Waals surface area contributed by atoms with Gasteiger partial charge in [-0.3, -0.25) is 4.21 Å². The maximum atomic E-state index is 11.5. The molecule has 6 heteroatoms. The number of aromatic nitrogens is 2. The van der Waals surface area contributed by atoms with Crippen molar-refractivity contribution in [1.82, 2.24) is 9.97 Å². The van der Waals surface area contributed by atoms with Crippen LogP contribution in [0.5, 0.6) is 0 Å². The van der Waals surface area contributed by atoms with E-state index in [4.69, 9.17) is 0 Å². The highest BCUT2D eigenvalue weighted by molar-refractivity contribution is 7.84. The topological polar surface area (TPSA) is 66.9 Å². The Morgan fingerprint density at radius 2 is 1.67 bits per heavy atom. The van der Waals surface area contributed by atoms with Crippen molar-refractivity contribution in [2.24, 2.45) is 0 Å². The molecule has 2 N–H and O–H groups in total. The summed E-state index contributed by atoms with van der Waals surface area (Å²) in [5, 5.41) is 6.59. The van der Waals surface area contributed by atoms with Crippen molar-refractivity contribution in [3.63, 3.8) is 0 Å². The molecule has 0 saturated heterocycles. The first kappa shape index (κ1) is 17.9. The molecule has 0 aliphatic heterocycles. The zero-order valence-electron chi connectivity index (χ0n) is 14.0. The van der Waals surface area contributed by atoms with E-state index in [1.165, 1.54) is 0 Å². The van der Waals surface area contributed by atoms with Gasteiger partial charge in [-0.15, -0.1) is 0 Å². The van der Waals surface area contributed by atoms with E-state index >= 15 is 0 Å². The minimum absolute atomic E-state index is 0.111. The average Bonchev–Trinajstić information content (AvgIpc) is 2.41. The van der Waals surface area contributed by atoms with Crippen LogP contribution in [-0.2, 0) is 16.2 Å². The molecule has 0 aliphatic carbocycles. The van der Waals surface area contributed by atoms with Crippen molar-refractivity contribution in [3.8, 4) is 0 Å². The molecular weight excluding hydrogens is 284 g/mol. The molecule has 1 rings (SSSR count). The van der Waals surface area contributed by atoms with E-state index in [2.05, 4.69) is 48.3 Å². The fraction of sp³-hybridized carbons (Fsp3) is 0.733. The summed E-state index contributed by atoms with van der Waals surface area (Å²) in [7, 11) is -0.760. The lowest BCUT2D eigenvalue weighted by molar-refractivity contribution is 0.546. The van der Waals surface area contributed by atoms with Crippen molar-refractivity contribution < 1.29 is 4.21 Å². The van der Waals surface area contributed by atoms with Crippen LogP contribution in [0.3, 0.4) is 0 Å². The second-order valence-electron chi connectivity index (χ2n) is 6.01. The van der Waals surface area contributed by atoms with Gasteiger partial charge in [-0.25, -0.2) is 9.97 Å². The molecule has 0 spiro atoms. The van der Waals surface area contributed by atoms with Gasteiger partial charge in [-0.2, -0.15) is 0 Å². The minimum Gasteiger partial charge on any atom is -0.370 e. The van der Waals surface area contributed by atoms with Crippen LogP contribution in [0.15, 0.2) is 0 Å². The van der Waals surface area contributed by atoms with Gasteiger partial charge in [0.05, 0.1) is 0 Å². The molecule has 0 aliphatic rings. The zero-order valence-corrected chi connectivity index (χ0v) is 14.9. The second kappa shape index (κ2) is 7.73. The third-order valence-electron chi connectivity index (χ3n) is 3.11. The molecule has 0 bridgehead atoms. The second-order valence-corrected chi connectivity index (χ2v) is 7.87. The number of hydrogen-bond donors (Lipinski definition) is 2. The molecule has 5 nitrogen and oxygen atoms in total. The van der Waals surface area contributed by atoms with Gasteiger partial charge in [-0.1, -0.05) is 27.7 Å². The van der Waals surface area contributed by atoms with Crippen molar-refractivity contribution in [3.05, 3.63) is 11.4 Å². The molecule has 1 unspecified atom stereocenters. The van der Waals surface area contributed by atoms with Crippen LogP contribution in [0, 0.1) is 6.92 Å². The van der Waals surface area contributed by atoms with Crippen LogP contribution in [0.25, 0.3) is 0 Å². The van der Waals surface area contributed by atoms with Crippen LogP contribution >= 0.6 is 0 Å². The Balaban J connectivity index is 3.00. The molecular formula is C15H28N4OS. The van der Waals surface area contributed by atoms with Crippen molar-refractivity contribution in [2.75, 3.05) is 35.2 Å². The fourth-order valence-electron chi connectivity index (χ4n) is 1.79. The molecule has 0 fully saturated rings. The summed E-state index contributed by atoms with van der Waals surface area (Å²) < 4.78 is 11.5. The number of nitrogens with zero attached hydrogens (tertiary/aromatic N) is 2. The maximum Gasteiger partial charge on any atom is 0.138 e. The number of nitrogens with one attached hydrogen (secondary N) is 2. The number of anilines is 2. The Morgan fingerprint density at radius 3 is 2.14 bits per heavy atom. The lowest BCUT2D eigenvalue weighted by Gasteiger charge is -2.21. The first-order valence-corrected chi connectivity index (χ1v) is 9.00. The Morgan fingerprint density at radius 1 is 1.10 bits per heavy atom. The number of rotatable bonds is 7. The standard InChI is InChI=1S/C15H28N4OS/c1-7-16-12-11(3)13(17-9-10-21(20)8-2)19-14(18-12)15(4,5)6/h7-10H2,1-6H3,(H2,16,17,18,19). The van der Waals surface area contributed by atoms with Crippen LogP contribution in [0.1, 0.15) is 46.0 Å². The summed E-state index contributed by atoms with van der Waals surface area (Å²) in [5.74, 6) is 3.85. The molecule has 0 amide bonds. The highest BCUT2D eigenvalue weighted by atomic mass is 32.2. The fourth-order valence-corrected chi connectivity index (χ4v) is 2.41. The lowest BCUT2D eigenvalue weighted by atomic mass is 9.95. The SMILES string of the molecule is CCNc1nc(C(C)(C)C)nc(NCCS(=O)CC)c1C. The summed E-state index contributed by atoms with van der Waals surface area (Å²) in [4.78, 5) is 9.28. The van der Waals surface area contributed by atoms with Gasteiger partial charge in [0.1, 0.15) is 17.5 Å². The summed E-state index contributed by atoms with van der Waals surface area (Å²) in [6, 6.07) is 0. The van der Waals surface area contributed by atoms with E-state index in [-0.39, 0.29) is 5.41 Å². The average molecular weight is 312 g/mol. The van der Waals surface area contributed by atoms with E-state index in [0.29, 0.717) is 18.1 Å². The Hall–Kier alpha value is -1.17. The molecule has 120 valence electrons. The van der Waals surface area contributed by atoms with E-state index in [9.17, 15) is 4.21 Å². The van der Waals surface area contributed by atoms with Gasteiger partial charge >= 0.3 is 0 Å². The van der Waals surface area contributed by atoms with Crippen molar-refractivity contribution >= 4 is 22.4 Å². The van der Waals surface area contributed by atoms with E-state index in [1.54, 1.807) is 0 Å². The monoisotopic (exact) mass is 312 g/mol. The van der Waals surface area contributed by atoms with Crippen molar-refractivity contribution in [2.45, 2.75) is 47.0 Å². The Bertz CT molecular complexity index is 497. The largest absolute Gasteiger partial charge is 0.370 e. The number of hydrogen-bond acceptors (Lipinski definition) is 5. The summed E-state index contributed by atoms with van der Waals surface area (Å²) in [5.41, 5.74) is 0.896. The highest BCUT2D eigenvalue weighted by Crippen LogP contribution is 2.26. The predicted molar refractivity (Wildman–Crippen MR) is 91.7 cm³/mol. The van der Waals surface area contributed by atoms with Gasteiger partial charge in [0.15, 0.2) is 0 Å². The quantitative estimate of drug-likeness (QED) is 0.810. The zero-order chi connectivity index (χ0) is 16.0. The first-order valence-electron chi connectivity index (χ1n) is 7.51. The van der Waals surface area contributed by atoms with E-state index in [1.807, 2.05) is 13.8 Å². The van der Waals surface area contributed by atoms with Gasteiger partial charge < -0.3 is 10.6 Å². The Kier molecular flexibility index (Phi) is 6.58. The summed E-state index contributed by atoms with van der Waals surface area (Å²) >= 11 is 0. The molecule has 21 heavy (non-hydrogen) atoms. The first-order chi connectivity index (χ1) is 9.79. The smallest absolute Gasteiger partial charge is 0.138 e. The molecule has 0 saturated carbocycles. The van der Waals surface area contributed by atoms with Crippen LogP contribution in [-0.4, -0.2) is 38.8 Å². The molecule has 0 radical (unpaired) electrons. The lowest BCUT2D eigenvalue weighted by Crippen LogP contribution is -2.21. The summed E-state index contributed by atoms with van der Waals surface area (Å²) in [6.07, 6.45) is 0. The summed E-state index contributed by atoms with van der Waals surface area (Å²) in [6.45, 7) is 13.8. The van der Waals surface area contributed by atoms with Gasteiger partial charge in [0.2, 0.25) is 0 Å². The van der Waals surface area contributed by atoms with Crippen LogP contribution in [0.2, 0.25) is 0 Å². The van der Waals surface area contributed by atoms with E-state index in [0.717, 1.165) is 29.6 Å². The van der Waals surface area contributed by atoms with Crippen LogP contribution < -0.4 is 10.6 Å². The molecule has 1 atom stereocenters. The van der Waals surface area contributed by atoms with Crippen LogP contribution in [0.4, 0.5) is 11.6 Å². The molecule has 0 aromatic carbocycles. The van der Waals surface area contributed by atoms with Gasteiger partial charge in [0, 0.05) is 46.4 Å². The minimum atomic E-state index is -0.760. The van der Waals surface area contributed by atoms with Gasteiger partial charge in [-0.05, 0) is 13.8 Å².